The van der Waals surface area contributed by atoms with Gasteiger partial charge in [-0.3, -0.25) is 10.4 Å². The van der Waals surface area contributed by atoms with Gasteiger partial charge in [0, 0.05) is 18.1 Å². The van der Waals surface area contributed by atoms with Crippen LogP contribution in [0.15, 0.2) is 28.4 Å². The minimum Gasteiger partial charge on any atom is -0.382 e. The molecule has 0 amide bonds. The Morgan fingerprint density at radius 3 is 2.82 bits per heavy atom. The third-order valence-corrected chi connectivity index (χ3v) is 3.30. The lowest BCUT2D eigenvalue weighted by Crippen LogP contribution is -2.12. The highest BCUT2D eigenvalue weighted by atomic mass is 32.2. The van der Waals surface area contributed by atoms with Crippen LogP contribution in [-0.2, 0) is 7.05 Å². The van der Waals surface area contributed by atoms with Crippen LogP contribution in [-0.4, -0.2) is 25.6 Å². The molecule has 6 nitrogen and oxygen atoms in total. The summed E-state index contributed by atoms with van der Waals surface area (Å²) in [5.74, 6) is 0.815. The molecule has 88 valence electrons. The average Bonchev–Trinajstić information content (AvgIpc) is 2.61. The summed E-state index contributed by atoms with van der Waals surface area (Å²) in [6.07, 6.45) is 1.63. The summed E-state index contributed by atoms with van der Waals surface area (Å²) >= 11 is 1.46. The summed E-state index contributed by atoms with van der Waals surface area (Å²) in [4.78, 5) is 4.93. The zero-order valence-electron chi connectivity index (χ0n) is 9.51. The average molecular weight is 248 g/mol. The van der Waals surface area contributed by atoms with E-state index in [1.54, 1.807) is 12.3 Å². The van der Waals surface area contributed by atoms with Crippen molar-refractivity contribution in [2.75, 3.05) is 0 Å². The van der Waals surface area contributed by atoms with Crippen LogP contribution in [0.5, 0.6) is 0 Å². The zero-order chi connectivity index (χ0) is 12.4. The number of aromatic nitrogens is 4. The summed E-state index contributed by atoms with van der Waals surface area (Å²) in [6.45, 7) is 1.89. The monoisotopic (exact) mass is 248 g/mol. The first-order valence-corrected chi connectivity index (χ1v) is 5.74. The van der Waals surface area contributed by atoms with E-state index in [-0.39, 0.29) is 5.84 Å². The van der Waals surface area contributed by atoms with E-state index in [2.05, 4.69) is 15.2 Å². The molecule has 0 fully saturated rings. The summed E-state index contributed by atoms with van der Waals surface area (Å²) in [5, 5.41) is 16.2. The Balaban J connectivity index is 2.27. The summed E-state index contributed by atoms with van der Waals surface area (Å²) in [6, 6.07) is 3.61. The Hall–Kier alpha value is -1.89. The van der Waals surface area contributed by atoms with E-state index in [1.807, 2.05) is 24.6 Å². The summed E-state index contributed by atoms with van der Waals surface area (Å²) in [5.41, 5.74) is 5.85. The van der Waals surface area contributed by atoms with Gasteiger partial charge in [-0.2, -0.15) is 0 Å². The maximum atomic E-state index is 7.33. The molecule has 0 spiro atoms. The second-order valence-electron chi connectivity index (χ2n) is 3.48. The molecule has 3 N–H and O–H groups in total. The first-order valence-electron chi connectivity index (χ1n) is 4.92. The largest absolute Gasteiger partial charge is 0.382 e. The van der Waals surface area contributed by atoms with Crippen LogP contribution in [0, 0.1) is 12.3 Å². The van der Waals surface area contributed by atoms with Gasteiger partial charge in [0.1, 0.15) is 17.4 Å². The number of nitrogens with one attached hydrogen (secondary N) is 1. The van der Waals surface area contributed by atoms with Crippen LogP contribution in [0.25, 0.3) is 0 Å². The molecule has 0 aliphatic rings. The lowest BCUT2D eigenvalue weighted by Gasteiger charge is -2.03. The molecule has 2 aromatic heterocycles. The highest BCUT2D eigenvalue weighted by Gasteiger charge is 2.08. The van der Waals surface area contributed by atoms with E-state index in [9.17, 15) is 0 Å². The number of amidine groups is 1. The molecular weight excluding hydrogens is 236 g/mol. The lowest BCUT2D eigenvalue weighted by atomic mass is 10.3. The van der Waals surface area contributed by atoms with E-state index in [4.69, 9.17) is 11.1 Å². The summed E-state index contributed by atoms with van der Waals surface area (Å²) in [7, 11) is 1.91. The molecule has 0 aliphatic carbocycles. The number of nitrogens with zero attached hydrogens (tertiary/aromatic N) is 4. The number of rotatable bonds is 3. The first-order chi connectivity index (χ1) is 8.08. The van der Waals surface area contributed by atoms with E-state index >= 15 is 0 Å². The molecule has 0 saturated carbocycles. The molecular formula is C10H12N6S. The van der Waals surface area contributed by atoms with Crippen molar-refractivity contribution in [2.45, 2.75) is 17.0 Å². The van der Waals surface area contributed by atoms with Crippen LogP contribution in [0.3, 0.4) is 0 Å². The Kier molecular flexibility index (Phi) is 3.10. The number of hydrogen-bond acceptors (Lipinski definition) is 5. The van der Waals surface area contributed by atoms with Gasteiger partial charge in [-0.25, -0.2) is 0 Å². The fraction of sp³-hybridized carbons (Fsp3) is 0.200. The van der Waals surface area contributed by atoms with Crippen molar-refractivity contribution in [3.8, 4) is 0 Å². The fourth-order valence-electron chi connectivity index (χ4n) is 1.20. The minimum atomic E-state index is -0.0402. The molecule has 0 saturated heterocycles. The number of aryl methyl sites for hydroxylation is 1. The van der Waals surface area contributed by atoms with E-state index in [0.29, 0.717) is 5.69 Å². The molecule has 2 rings (SSSR count). The van der Waals surface area contributed by atoms with E-state index in [0.717, 1.165) is 15.9 Å². The number of pyridine rings is 1. The van der Waals surface area contributed by atoms with Crippen LogP contribution >= 0.6 is 11.8 Å². The third kappa shape index (κ3) is 2.44. The van der Waals surface area contributed by atoms with Gasteiger partial charge in [0.15, 0.2) is 5.16 Å². The molecule has 7 heteroatoms. The molecule has 0 bridgehead atoms. The highest BCUT2D eigenvalue weighted by Crippen LogP contribution is 2.25. The number of hydrogen-bond donors (Lipinski definition) is 2. The van der Waals surface area contributed by atoms with Crippen molar-refractivity contribution in [1.29, 1.82) is 5.41 Å². The van der Waals surface area contributed by atoms with Crippen molar-refractivity contribution in [1.82, 2.24) is 19.7 Å². The quantitative estimate of drug-likeness (QED) is 0.623. The Bertz CT molecular complexity index is 562. The van der Waals surface area contributed by atoms with Gasteiger partial charge < -0.3 is 10.3 Å². The highest BCUT2D eigenvalue weighted by molar-refractivity contribution is 7.99. The molecule has 0 aliphatic heterocycles. The van der Waals surface area contributed by atoms with Gasteiger partial charge in [0.2, 0.25) is 0 Å². The number of nitrogens with two attached hydrogens (primary N) is 1. The zero-order valence-corrected chi connectivity index (χ0v) is 10.3. The predicted molar refractivity (Wildman–Crippen MR) is 65.1 cm³/mol. The van der Waals surface area contributed by atoms with Crippen molar-refractivity contribution in [2.24, 2.45) is 12.8 Å². The topological polar surface area (TPSA) is 93.5 Å². The Morgan fingerprint density at radius 1 is 1.47 bits per heavy atom. The smallest absolute Gasteiger partial charge is 0.195 e. The minimum absolute atomic E-state index is 0.0402. The molecule has 2 aromatic rings. The molecule has 17 heavy (non-hydrogen) atoms. The van der Waals surface area contributed by atoms with Gasteiger partial charge in [0.25, 0.3) is 0 Å². The molecule has 0 atom stereocenters. The summed E-state index contributed by atoms with van der Waals surface area (Å²) < 4.78 is 1.90. The number of nitrogen functional groups attached to an aromatic ring is 1. The molecule has 0 radical (unpaired) electrons. The first kappa shape index (κ1) is 11.6. The normalized spacial score (nSPS) is 10.5. The van der Waals surface area contributed by atoms with Crippen LogP contribution in [0.4, 0.5) is 0 Å². The lowest BCUT2D eigenvalue weighted by molar-refractivity contribution is 0.765. The van der Waals surface area contributed by atoms with Gasteiger partial charge >= 0.3 is 0 Å². The van der Waals surface area contributed by atoms with Crippen molar-refractivity contribution < 1.29 is 0 Å². The second-order valence-corrected chi connectivity index (χ2v) is 4.52. The standard InChI is InChI=1S/C10H12N6S/c1-6-14-15-10(16(6)2)17-7-3-4-13-8(5-7)9(11)12/h3-5H,1-2H3,(H3,11,12). The van der Waals surface area contributed by atoms with Crippen molar-refractivity contribution >= 4 is 17.6 Å². The van der Waals surface area contributed by atoms with Gasteiger partial charge in [-0.15, -0.1) is 10.2 Å². The van der Waals surface area contributed by atoms with Crippen LogP contribution in [0.1, 0.15) is 11.5 Å². The molecule has 0 aromatic carbocycles. The van der Waals surface area contributed by atoms with E-state index in [1.165, 1.54) is 11.8 Å². The van der Waals surface area contributed by atoms with Crippen molar-refractivity contribution in [3.63, 3.8) is 0 Å². The maximum absolute atomic E-state index is 7.33. The Morgan fingerprint density at radius 2 is 2.24 bits per heavy atom. The predicted octanol–water partition coefficient (Wildman–Crippen LogP) is 0.954. The maximum Gasteiger partial charge on any atom is 0.195 e. The fourth-order valence-corrected chi connectivity index (χ4v) is 2.06. The molecule has 0 unspecified atom stereocenters. The van der Waals surface area contributed by atoms with Gasteiger partial charge in [-0.1, -0.05) is 0 Å². The van der Waals surface area contributed by atoms with Crippen molar-refractivity contribution in [3.05, 3.63) is 29.8 Å². The van der Waals surface area contributed by atoms with Crippen LogP contribution < -0.4 is 5.73 Å². The van der Waals surface area contributed by atoms with E-state index < -0.39 is 0 Å². The van der Waals surface area contributed by atoms with Gasteiger partial charge in [0.05, 0.1) is 0 Å². The van der Waals surface area contributed by atoms with Crippen LogP contribution in [0.2, 0.25) is 0 Å². The van der Waals surface area contributed by atoms with Gasteiger partial charge in [-0.05, 0) is 30.8 Å². The second kappa shape index (κ2) is 4.54. The SMILES string of the molecule is Cc1nnc(Sc2ccnc(C(=N)N)c2)n1C. The Labute approximate surface area is 103 Å². The third-order valence-electron chi connectivity index (χ3n) is 2.27. The molecule has 2 heterocycles.